The first kappa shape index (κ1) is 7.58. The maximum absolute atomic E-state index is 11.2. The number of amides is 1. The third kappa shape index (κ3) is 0.983. The molecule has 2 aliphatic rings. The number of carbonyl (C=O) groups is 2. The summed E-state index contributed by atoms with van der Waals surface area (Å²) in [6.45, 7) is 0.666. The van der Waals surface area contributed by atoms with Crippen molar-refractivity contribution < 1.29 is 14.7 Å². The first-order chi connectivity index (χ1) is 5.68. The number of carbonyl (C=O) groups excluding carboxylic acids is 1. The summed E-state index contributed by atoms with van der Waals surface area (Å²) in [4.78, 5) is 21.9. The van der Waals surface area contributed by atoms with E-state index in [0.29, 0.717) is 18.9 Å². The van der Waals surface area contributed by atoms with Crippen molar-refractivity contribution in [1.82, 2.24) is 5.32 Å². The van der Waals surface area contributed by atoms with Crippen LogP contribution in [0.25, 0.3) is 0 Å². The maximum Gasteiger partial charge on any atom is 0.307 e. The van der Waals surface area contributed by atoms with Gasteiger partial charge in [0.2, 0.25) is 5.91 Å². The molecule has 4 nitrogen and oxygen atoms in total. The molecule has 0 aromatic rings. The van der Waals surface area contributed by atoms with Crippen LogP contribution in [-0.2, 0) is 9.59 Å². The fourth-order valence-corrected chi connectivity index (χ4v) is 2.25. The van der Waals surface area contributed by atoms with Gasteiger partial charge in [-0.25, -0.2) is 0 Å². The summed E-state index contributed by atoms with van der Waals surface area (Å²) in [5, 5.41) is 11.5. The number of hydrogen-bond donors (Lipinski definition) is 2. The van der Waals surface area contributed by atoms with E-state index in [-0.39, 0.29) is 11.8 Å². The smallest absolute Gasteiger partial charge is 0.307 e. The number of carboxylic acid groups (broad SMARTS) is 1. The predicted molar refractivity (Wildman–Crippen MR) is 40.3 cm³/mol. The van der Waals surface area contributed by atoms with Crippen LogP contribution in [0, 0.1) is 17.8 Å². The fourth-order valence-electron chi connectivity index (χ4n) is 2.25. The van der Waals surface area contributed by atoms with E-state index in [4.69, 9.17) is 5.11 Å². The van der Waals surface area contributed by atoms with Gasteiger partial charge in [-0.2, -0.15) is 0 Å². The zero-order valence-electron chi connectivity index (χ0n) is 6.62. The molecule has 0 aromatic heterocycles. The van der Waals surface area contributed by atoms with E-state index in [9.17, 15) is 9.59 Å². The van der Waals surface area contributed by atoms with E-state index in [1.165, 1.54) is 0 Å². The number of aliphatic carboxylic acids is 1. The maximum atomic E-state index is 11.2. The van der Waals surface area contributed by atoms with Crippen molar-refractivity contribution in [2.45, 2.75) is 12.8 Å². The van der Waals surface area contributed by atoms with Crippen LogP contribution in [-0.4, -0.2) is 23.5 Å². The highest BCUT2D eigenvalue weighted by atomic mass is 16.4. The van der Waals surface area contributed by atoms with Gasteiger partial charge < -0.3 is 10.4 Å². The molecule has 4 heteroatoms. The molecule has 2 bridgehead atoms. The van der Waals surface area contributed by atoms with Crippen molar-refractivity contribution in [3.05, 3.63) is 0 Å². The lowest BCUT2D eigenvalue weighted by atomic mass is 9.95. The van der Waals surface area contributed by atoms with Crippen molar-refractivity contribution >= 4 is 11.9 Å². The first-order valence-corrected chi connectivity index (χ1v) is 4.19. The summed E-state index contributed by atoms with van der Waals surface area (Å²) in [6.07, 6.45) is 1.43. The molecule has 1 amide bonds. The van der Waals surface area contributed by atoms with Crippen LogP contribution in [0.2, 0.25) is 0 Å². The normalized spacial score (nSPS) is 39.3. The molecular formula is C8H11NO3. The van der Waals surface area contributed by atoms with Gasteiger partial charge in [0.25, 0.3) is 0 Å². The Morgan fingerprint density at radius 3 is 2.92 bits per heavy atom. The first-order valence-electron chi connectivity index (χ1n) is 4.19. The topological polar surface area (TPSA) is 66.4 Å². The number of carboxylic acids is 1. The van der Waals surface area contributed by atoms with Gasteiger partial charge >= 0.3 is 5.97 Å². The zero-order valence-corrected chi connectivity index (χ0v) is 6.62. The summed E-state index contributed by atoms with van der Waals surface area (Å²) >= 11 is 0. The Morgan fingerprint density at radius 2 is 2.25 bits per heavy atom. The number of nitrogens with one attached hydrogen (secondary N) is 1. The number of fused-ring (bicyclic) bond motifs is 2. The lowest BCUT2D eigenvalue weighted by Crippen LogP contribution is -2.39. The predicted octanol–water partition coefficient (Wildman–Crippen LogP) is -0.157. The second-order valence-corrected chi connectivity index (χ2v) is 3.63. The van der Waals surface area contributed by atoms with Gasteiger partial charge in [0.05, 0.1) is 11.8 Å². The Balaban J connectivity index is 2.19. The van der Waals surface area contributed by atoms with Crippen molar-refractivity contribution in [1.29, 1.82) is 0 Å². The van der Waals surface area contributed by atoms with E-state index in [0.717, 1.165) is 6.42 Å². The number of piperidine rings is 1. The average Bonchev–Trinajstić information content (AvgIpc) is 2.37. The molecule has 2 N–H and O–H groups in total. The summed E-state index contributed by atoms with van der Waals surface area (Å²) in [5.74, 6) is -1.19. The Morgan fingerprint density at radius 1 is 1.50 bits per heavy atom. The molecule has 0 aromatic carbocycles. The second kappa shape index (κ2) is 2.47. The molecule has 66 valence electrons. The van der Waals surface area contributed by atoms with Crippen LogP contribution in [0.1, 0.15) is 12.8 Å². The molecule has 1 saturated carbocycles. The van der Waals surface area contributed by atoms with Gasteiger partial charge in [-0.05, 0) is 18.8 Å². The Labute approximate surface area is 69.9 Å². The van der Waals surface area contributed by atoms with Crippen LogP contribution >= 0.6 is 0 Å². The molecule has 12 heavy (non-hydrogen) atoms. The van der Waals surface area contributed by atoms with E-state index < -0.39 is 11.9 Å². The standard InChI is InChI=1S/C8H11NO3/c10-7-5-1-4(3-9-7)2-6(5)8(11)12/h4-6H,1-3H2,(H,9,10)(H,11,12). The minimum absolute atomic E-state index is 0.0730. The molecule has 0 spiro atoms. The SMILES string of the molecule is O=C(O)C1CC2CNC(=O)C1C2. The van der Waals surface area contributed by atoms with Crippen molar-refractivity contribution in [3.63, 3.8) is 0 Å². The summed E-state index contributed by atoms with van der Waals surface area (Å²) in [6, 6.07) is 0. The highest BCUT2D eigenvalue weighted by Gasteiger charge is 2.45. The van der Waals surface area contributed by atoms with Crippen LogP contribution in [0.3, 0.4) is 0 Å². The van der Waals surface area contributed by atoms with Gasteiger partial charge in [-0.3, -0.25) is 9.59 Å². The molecule has 3 unspecified atom stereocenters. The van der Waals surface area contributed by atoms with E-state index in [1.807, 2.05) is 0 Å². The molecule has 1 saturated heterocycles. The van der Waals surface area contributed by atoms with Crippen LogP contribution in [0.5, 0.6) is 0 Å². The second-order valence-electron chi connectivity index (χ2n) is 3.63. The van der Waals surface area contributed by atoms with Gasteiger partial charge in [0.1, 0.15) is 0 Å². The van der Waals surface area contributed by atoms with Gasteiger partial charge in [0, 0.05) is 6.54 Å². The largest absolute Gasteiger partial charge is 0.481 e. The quantitative estimate of drug-likeness (QED) is 0.573. The van der Waals surface area contributed by atoms with Crippen LogP contribution in [0.15, 0.2) is 0 Å². The fraction of sp³-hybridized carbons (Fsp3) is 0.750. The van der Waals surface area contributed by atoms with Crippen molar-refractivity contribution in [2.75, 3.05) is 6.54 Å². The zero-order chi connectivity index (χ0) is 8.72. The minimum atomic E-state index is -0.820. The number of hydrogen-bond acceptors (Lipinski definition) is 2. The minimum Gasteiger partial charge on any atom is -0.481 e. The Bertz CT molecular complexity index is 238. The Hall–Kier alpha value is -1.06. The molecule has 2 rings (SSSR count). The third-order valence-electron chi connectivity index (χ3n) is 2.88. The Kier molecular flexibility index (Phi) is 1.56. The van der Waals surface area contributed by atoms with E-state index in [1.54, 1.807) is 0 Å². The van der Waals surface area contributed by atoms with Gasteiger partial charge in [0.15, 0.2) is 0 Å². The van der Waals surface area contributed by atoms with Crippen LogP contribution in [0.4, 0.5) is 0 Å². The van der Waals surface area contributed by atoms with Crippen molar-refractivity contribution in [2.24, 2.45) is 17.8 Å². The summed E-state index contributed by atoms with van der Waals surface area (Å²) in [5.41, 5.74) is 0. The van der Waals surface area contributed by atoms with Gasteiger partial charge in [-0.15, -0.1) is 0 Å². The lowest BCUT2D eigenvalue weighted by molar-refractivity contribution is -0.145. The molecule has 3 atom stereocenters. The molecule has 1 aliphatic heterocycles. The monoisotopic (exact) mass is 169 g/mol. The highest BCUT2D eigenvalue weighted by molar-refractivity contribution is 5.86. The summed E-state index contributed by atoms with van der Waals surface area (Å²) in [7, 11) is 0. The molecule has 1 aliphatic carbocycles. The van der Waals surface area contributed by atoms with E-state index >= 15 is 0 Å². The van der Waals surface area contributed by atoms with Crippen molar-refractivity contribution in [3.8, 4) is 0 Å². The number of rotatable bonds is 1. The molecule has 1 heterocycles. The highest BCUT2D eigenvalue weighted by Crippen LogP contribution is 2.38. The molecular weight excluding hydrogens is 158 g/mol. The van der Waals surface area contributed by atoms with Gasteiger partial charge in [-0.1, -0.05) is 0 Å². The summed E-state index contributed by atoms with van der Waals surface area (Å²) < 4.78 is 0. The van der Waals surface area contributed by atoms with Crippen LogP contribution < -0.4 is 5.32 Å². The molecule has 0 radical (unpaired) electrons. The third-order valence-corrected chi connectivity index (χ3v) is 2.88. The average molecular weight is 169 g/mol. The van der Waals surface area contributed by atoms with E-state index in [2.05, 4.69) is 5.32 Å². The molecule has 2 fully saturated rings. The lowest BCUT2D eigenvalue weighted by Gasteiger charge is -2.19.